The van der Waals surface area contributed by atoms with Crippen LogP contribution in [0.15, 0.2) is 35.0 Å². The third kappa shape index (κ3) is 3.46. The van der Waals surface area contributed by atoms with Crippen LogP contribution in [-0.4, -0.2) is 40.4 Å². The third-order valence-electron chi connectivity index (χ3n) is 5.75. The fourth-order valence-corrected chi connectivity index (χ4v) is 4.18. The van der Waals surface area contributed by atoms with Gasteiger partial charge in [-0.25, -0.2) is 0 Å². The van der Waals surface area contributed by atoms with E-state index in [1.165, 1.54) is 5.56 Å². The second-order valence-corrected chi connectivity index (χ2v) is 7.82. The van der Waals surface area contributed by atoms with Gasteiger partial charge in [-0.1, -0.05) is 6.07 Å². The highest BCUT2D eigenvalue weighted by Crippen LogP contribution is 2.38. The van der Waals surface area contributed by atoms with E-state index >= 15 is 0 Å². The molecule has 3 aromatic rings. The van der Waals surface area contributed by atoms with E-state index in [9.17, 15) is 4.79 Å². The number of fused-ring (bicyclic) bond motifs is 3. The lowest BCUT2D eigenvalue weighted by atomic mass is 9.93. The predicted molar refractivity (Wildman–Crippen MR) is 107 cm³/mol. The number of hydrogen-bond acceptors (Lipinski definition) is 5. The van der Waals surface area contributed by atoms with Crippen molar-refractivity contribution in [3.63, 3.8) is 0 Å². The summed E-state index contributed by atoms with van der Waals surface area (Å²) in [5, 5.41) is 7.80. The number of amides is 1. The van der Waals surface area contributed by atoms with Crippen molar-refractivity contribution >= 4 is 5.91 Å². The summed E-state index contributed by atoms with van der Waals surface area (Å²) >= 11 is 0. The van der Waals surface area contributed by atoms with E-state index in [1.54, 1.807) is 6.20 Å². The maximum atomic E-state index is 12.7. The highest BCUT2D eigenvalue weighted by Gasteiger charge is 2.30. The molecule has 1 aliphatic heterocycles. The van der Waals surface area contributed by atoms with E-state index in [2.05, 4.69) is 16.5 Å². The van der Waals surface area contributed by atoms with E-state index in [-0.39, 0.29) is 5.91 Å². The minimum Gasteiger partial charge on any atom is -0.455 e. The molecule has 150 valence electrons. The van der Waals surface area contributed by atoms with Gasteiger partial charge in [-0.15, -0.1) is 0 Å². The summed E-state index contributed by atoms with van der Waals surface area (Å²) in [5.41, 5.74) is 4.91. The van der Waals surface area contributed by atoms with Gasteiger partial charge in [0.25, 0.3) is 5.91 Å². The molecule has 1 N–H and O–H groups in total. The number of nitrogens with zero attached hydrogens (tertiary/aromatic N) is 3. The topological polar surface area (TPSA) is 82.2 Å². The minimum absolute atomic E-state index is 0.154. The van der Waals surface area contributed by atoms with E-state index in [0.29, 0.717) is 31.4 Å². The van der Waals surface area contributed by atoms with E-state index in [4.69, 9.17) is 14.3 Å². The zero-order chi connectivity index (χ0) is 19.8. The Balaban J connectivity index is 1.38. The van der Waals surface area contributed by atoms with Crippen LogP contribution in [0, 0.1) is 12.8 Å². The van der Waals surface area contributed by atoms with Crippen molar-refractivity contribution in [3.8, 4) is 11.3 Å². The predicted octanol–water partition coefficient (Wildman–Crippen LogP) is 2.76. The molecule has 0 saturated carbocycles. The zero-order valence-electron chi connectivity index (χ0n) is 16.5. The molecular weight excluding hydrogens is 368 g/mol. The molecule has 0 radical (unpaired) electrons. The van der Waals surface area contributed by atoms with Crippen molar-refractivity contribution in [3.05, 3.63) is 58.9 Å². The van der Waals surface area contributed by atoms with Crippen molar-refractivity contribution in [2.75, 3.05) is 19.8 Å². The van der Waals surface area contributed by atoms with Gasteiger partial charge in [0.1, 0.15) is 5.76 Å². The van der Waals surface area contributed by atoms with Crippen LogP contribution in [0.25, 0.3) is 11.3 Å². The first-order chi connectivity index (χ1) is 14.2. The fourth-order valence-electron chi connectivity index (χ4n) is 4.18. The Morgan fingerprint density at radius 3 is 3.07 bits per heavy atom. The molecule has 29 heavy (non-hydrogen) atoms. The van der Waals surface area contributed by atoms with Crippen molar-refractivity contribution in [2.45, 2.75) is 32.7 Å². The highest BCUT2D eigenvalue weighted by atomic mass is 16.5. The Morgan fingerprint density at radius 1 is 1.34 bits per heavy atom. The van der Waals surface area contributed by atoms with Crippen LogP contribution in [-0.2, 0) is 24.1 Å². The molecule has 1 saturated heterocycles. The second-order valence-electron chi connectivity index (χ2n) is 7.82. The second kappa shape index (κ2) is 7.48. The molecule has 2 aliphatic rings. The molecule has 0 unspecified atom stereocenters. The molecule has 3 aromatic heterocycles. The lowest BCUT2D eigenvalue weighted by molar-refractivity contribution is 0.0914. The summed E-state index contributed by atoms with van der Waals surface area (Å²) in [6.07, 6.45) is 6.50. The summed E-state index contributed by atoms with van der Waals surface area (Å²) in [7, 11) is 0. The van der Waals surface area contributed by atoms with Gasteiger partial charge in [0.15, 0.2) is 5.76 Å². The summed E-state index contributed by atoms with van der Waals surface area (Å²) in [6.45, 7) is 4.68. The molecule has 7 heteroatoms. The van der Waals surface area contributed by atoms with Crippen molar-refractivity contribution in [2.24, 2.45) is 5.92 Å². The average Bonchev–Trinajstić information content (AvgIpc) is 3.45. The monoisotopic (exact) mass is 392 g/mol. The standard InChI is InChI=1S/C22H24N4O3/c1-14-19-18(29-21(14)22(27)24-10-15-7-9-28-13-15)6-5-16-11-26(25-20(16)19)12-17-4-2-3-8-23-17/h2-4,8,11,15H,5-7,9-10,12-13H2,1H3,(H,24,27)/t15-/m0/s1. The van der Waals surface area contributed by atoms with Crippen LogP contribution in [0.5, 0.6) is 0 Å². The lowest BCUT2D eigenvalue weighted by Crippen LogP contribution is -2.29. The summed E-state index contributed by atoms with van der Waals surface area (Å²) in [5.74, 6) is 1.49. The largest absolute Gasteiger partial charge is 0.455 e. The highest BCUT2D eigenvalue weighted by molar-refractivity contribution is 5.95. The molecule has 4 heterocycles. The summed E-state index contributed by atoms with van der Waals surface area (Å²) in [6, 6.07) is 5.88. The Labute approximate surface area is 169 Å². The first kappa shape index (κ1) is 18.1. The number of rotatable bonds is 5. The van der Waals surface area contributed by atoms with E-state index < -0.39 is 0 Å². The van der Waals surface area contributed by atoms with Gasteiger partial charge < -0.3 is 14.5 Å². The van der Waals surface area contributed by atoms with Crippen LogP contribution >= 0.6 is 0 Å². The number of pyridine rings is 1. The lowest BCUT2D eigenvalue weighted by Gasteiger charge is -2.09. The minimum atomic E-state index is -0.154. The van der Waals surface area contributed by atoms with Crippen LogP contribution in [0.1, 0.15) is 39.6 Å². The third-order valence-corrected chi connectivity index (χ3v) is 5.75. The maximum Gasteiger partial charge on any atom is 0.287 e. The van der Waals surface area contributed by atoms with Gasteiger partial charge in [-0.05, 0) is 37.5 Å². The fraction of sp³-hybridized carbons (Fsp3) is 0.409. The number of ether oxygens (including phenoxy) is 1. The number of furan rings is 1. The molecule has 1 atom stereocenters. The van der Waals surface area contributed by atoms with Crippen LogP contribution in [0.2, 0.25) is 0 Å². The molecule has 7 nitrogen and oxygen atoms in total. The van der Waals surface area contributed by atoms with Crippen molar-refractivity contribution in [1.82, 2.24) is 20.1 Å². The first-order valence-corrected chi connectivity index (χ1v) is 10.1. The number of hydrogen-bond donors (Lipinski definition) is 1. The van der Waals surface area contributed by atoms with Gasteiger partial charge >= 0.3 is 0 Å². The van der Waals surface area contributed by atoms with E-state index in [1.807, 2.05) is 29.8 Å². The molecule has 0 bridgehead atoms. The van der Waals surface area contributed by atoms with Crippen molar-refractivity contribution in [1.29, 1.82) is 0 Å². The molecule has 0 aromatic carbocycles. The van der Waals surface area contributed by atoms with Crippen LogP contribution in [0.4, 0.5) is 0 Å². The maximum absolute atomic E-state index is 12.7. The summed E-state index contributed by atoms with van der Waals surface area (Å²) < 4.78 is 13.3. The van der Waals surface area contributed by atoms with Gasteiger partial charge in [0.05, 0.1) is 24.5 Å². The Morgan fingerprint density at radius 2 is 2.28 bits per heavy atom. The molecule has 1 fully saturated rings. The van der Waals surface area contributed by atoms with Crippen molar-refractivity contribution < 1.29 is 13.9 Å². The Hall–Kier alpha value is -2.93. The molecule has 1 aliphatic carbocycles. The number of carbonyl (C=O) groups excluding carboxylic acids is 1. The van der Waals surface area contributed by atoms with Gasteiger partial charge in [0, 0.05) is 49.0 Å². The van der Waals surface area contributed by atoms with E-state index in [0.717, 1.165) is 54.1 Å². The van der Waals surface area contributed by atoms with Gasteiger partial charge in [-0.3, -0.25) is 14.5 Å². The normalized spacial score (nSPS) is 17.8. The van der Waals surface area contributed by atoms with Gasteiger partial charge in [0.2, 0.25) is 0 Å². The zero-order valence-corrected chi connectivity index (χ0v) is 16.5. The molecule has 1 amide bonds. The first-order valence-electron chi connectivity index (χ1n) is 10.1. The Bertz CT molecular complexity index is 1030. The number of aryl methyl sites for hydroxylation is 2. The smallest absolute Gasteiger partial charge is 0.287 e. The average molecular weight is 392 g/mol. The van der Waals surface area contributed by atoms with Crippen LogP contribution in [0.3, 0.4) is 0 Å². The quantitative estimate of drug-likeness (QED) is 0.722. The summed E-state index contributed by atoms with van der Waals surface area (Å²) in [4.78, 5) is 17.1. The molecule has 5 rings (SSSR count). The van der Waals surface area contributed by atoms with Gasteiger partial charge in [-0.2, -0.15) is 5.10 Å². The number of aromatic nitrogens is 3. The molecule has 0 spiro atoms. The number of nitrogens with one attached hydrogen (secondary N) is 1. The molecular formula is C22H24N4O3. The number of carbonyl (C=O) groups is 1. The SMILES string of the molecule is Cc1c(C(=O)NC[C@@H]2CCOC2)oc2c1-c1nn(Cc3ccccn3)cc1CC2. The Kier molecular flexibility index (Phi) is 4.67. The van der Waals surface area contributed by atoms with Crippen LogP contribution < -0.4 is 5.32 Å².